The molecule has 0 saturated carbocycles. The van der Waals surface area contributed by atoms with E-state index in [0.29, 0.717) is 12.0 Å². The van der Waals surface area contributed by atoms with Crippen LogP contribution in [0.1, 0.15) is 38.9 Å². The molecule has 0 bridgehead atoms. The molecule has 2 unspecified atom stereocenters. The van der Waals surface area contributed by atoms with Crippen LogP contribution in [0.4, 0.5) is 0 Å². The van der Waals surface area contributed by atoms with Gasteiger partial charge >= 0.3 is 0 Å². The molecule has 2 heteroatoms. The second-order valence-electron chi connectivity index (χ2n) is 8.79. The minimum Gasteiger partial charge on any atom is -0.298 e. The van der Waals surface area contributed by atoms with Crippen molar-refractivity contribution in [2.45, 2.75) is 18.3 Å². The van der Waals surface area contributed by atoms with Crippen molar-refractivity contribution < 1.29 is 9.59 Å². The van der Waals surface area contributed by atoms with Gasteiger partial charge in [0.15, 0.2) is 11.6 Å². The lowest BCUT2D eigenvalue weighted by Crippen LogP contribution is -2.35. The van der Waals surface area contributed by atoms with Gasteiger partial charge in [0.1, 0.15) is 0 Å². The molecular formula is C31H22O2. The predicted molar refractivity (Wildman–Crippen MR) is 130 cm³/mol. The van der Waals surface area contributed by atoms with Crippen molar-refractivity contribution in [1.29, 1.82) is 0 Å². The minimum absolute atomic E-state index is 0.0158. The van der Waals surface area contributed by atoms with Gasteiger partial charge in [-0.05, 0) is 50.1 Å². The first-order valence-corrected chi connectivity index (χ1v) is 11.3. The summed E-state index contributed by atoms with van der Waals surface area (Å²) in [4.78, 5) is 27.4. The van der Waals surface area contributed by atoms with Gasteiger partial charge < -0.3 is 0 Å². The quantitative estimate of drug-likeness (QED) is 0.486. The van der Waals surface area contributed by atoms with Gasteiger partial charge in [-0.15, -0.1) is 0 Å². The summed E-state index contributed by atoms with van der Waals surface area (Å²) in [5, 5.41) is 3.90. The lowest BCUT2D eigenvalue weighted by Gasteiger charge is -2.28. The summed E-state index contributed by atoms with van der Waals surface area (Å²) in [7, 11) is 0. The van der Waals surface area contributed by atoms with Crippen molar-refractivity contribution in [2.24, 2.45) is 0 Å². The summed E-state index contributed by atoms with van der Waals surface area (Å²) < 4.78 is 0. The standard InChI is InChI=1S/C31H22O2/c32-28-19-22-13-7-8-14-24(22)25-16-15-23-18-26(21-11-5-2-6-12-21)31(33)27(29(23)30(25)28)17-20-9-3-1-4-10-20/h1-16,18-19,26-27H,17H2. The maximum Gasteiger partial charge on any atom is 0.187 e. The molecule has 4 aromatic carbocycles. The summed E-state index contributed by atoms with van der Waals surface area (Å²) >= 11 is 0. The number of hydrogen-bond donors (Lipinski definition) is 0. The maximum absolute atomic E-state index is 14.0. The number of ketones is 2. The van der Waals surface area contributed by atoms with E-state index in [1.807, 2.05) is 78.9 Å². The smallest absolute Gasteiger partial charge is 0.187 e. The Balaban J connectivity index is 1.67. The number of Topliss-reactive ketones (excluding diaryl/α,β-unsaturated/α-hetero) is 2. The fraction of sp³-hybridized carbons (Fsp3) is 0.0968. The van der Waals surface area contributed by atoms with Crippen LogP contribution >= 0.6 is 0 Å². The van der Waals surface area contributed by atoms with Crippen molar-refractivity contribution in [2.75, 3.05) is 0 Å². The topological polar surface area (TPSA) is 34.1 Å². The van der Waals surface area contributed by atoms with E-state index in [0.717, 1.165) is 37.6 Å². The molecular weight excluding hydrogens is 404 g/mol. The summed E-state index contributed by atoms with van der Waals surface area (Å²) in [6, 6.07) is 32.1. The van der Waals surface area contributed by atoms with Crippen molar-refractivity contribution >= 4 is 23.7 Å². The second-order valence-corrected chi connectivity index (χ2v) is 8.79. The lowest BCUT2D eigenvalue weighted by molar-refractivity contribution is -0.120. The van der Waals surface area contributed by atoms with Gasteiger partial charge in [-0.1, -0.05) is 103 Å². The van der Waals surface area contributed by atoms with E-state index in [4.69, 9.17) is 0 Å². The zero-order valence-corrected chi connectivity index (χ0v) is 18.1. The highest BCUT2D eigenvalue weighted by molar-refractivity contribution is 6.19. The van der Waals surface area contributed by atoms with Crippen LogP contribution in [-0.4, -0.2) is 11.6 Å². The van der Waals surface area contributed by atoms with Crippen LogP contribution in [0, 0.1) is 10.4 Å². The molecule has 158 valence electrons. The Morgan fingerprint density at radius 2 is 1.33 bits per heavy atom. The van der Waals surface area contributed by atoms with E-state index < -0.39 is 0 Å². The molecule has 0 heterocycles. The van der Waals surface area contributed by atoms with Crippen LogP contribution in [0.15, 0.2) is 97.1 Å². The molecule has 0 aromatic heterocycles. The molecule has 2 aliphatic rings. The van der Waals surface area contributed by atoms with E-state index in [2.05, 4.69) is 24.3 Å². The van der Waals surface area contributed by atoms with Crippen LogP contribution in [0.3, 0.4) is 0 Å². The Bertz CT molecular complexity index is 1620. The first-order valence-electron chi connectivity index (χ1n) is 11.3. The van der Waals surface area contributed by atoms with E-state index in [9.17, 15) is 9.59 Å². The fourth-order valence-corrected chi connectivity index (χ4v) is 5.32. The van der Waals surface area contributed by atoms with Crippen molar-refractivity contribution in [3.8, 4) is 0 Å². The SMILES string of the molecule is O=C1C=c2ccccc2=c2ccc3c(c21)C(Cc1ccccc1)C(=O)C(c1ccccc1)C=3. The zero-order chi connectivity index (χ0) is 22.4. The molecule has 2 nitrogen and oxygen atoms in total. The van der Waals surface area contributed by atoms with Gasteiger partial charge in [-0.2, -0.15) is 0 Å². The second kappa shape index (κ2) is 7.83. The molecule has 0 spiro atoms. The van der Waals surface area contributed by atoms with E-state index >= 15 is 0 Å². The monoisotopic (exact) mass is 426 g/mol. The fourth-order valence-electron chi connectivity index (χ4n) is 5.32. The number of fused-ring (bicyclic) bond motifs is 4. The summed E-state index contributed by atoms with van der Waals surface area (Å²) in [6.45, 7) is 0. The Morgan fingerprint density at radius 3 is 2.12 bits per heavy atom. The highest BCUT2D eigenvalue weighted by Crippen LogP contribution is 2.35. The molecule has 0 radical (unpaired) electrons. The molecule has 0 saturated heterocycles. The van der Waals surface area contributed by atoms with Crippen molar-refractivity contribution in [3.63, 3.8) is 0 Å². The van der Waals surface area contributed by atoms with Gasteiger partial charge in [0.2, 0.25) is 0 Å². The zero-order valence-electron chi connectivity index (χ0n) is 18.1. The third-order valence-electron chi connectivity index (χ3n) is 6.85. The summed E-state index contributed by atoms with van der Waals surface area (Å²) in [5.41, 5.74) is 3.65. The minimum atomic E-state index is -0.379. The van der Waals surface area contributed by atoms with E-state index in [1.54, 1.807) is 6.08 Å². The third kappa shape index (κ3) is 3.27. The number of rotatable bonds is 3. The van der Waals surface area contributed by atoms with Gasteiger partial charge in [0.05, 0.1) is 5.92 Å². The molecule has 0 amide bonds. The lowest BCUT2D eigenvalue weighted by atomic mass is 9.73. The molecule has 0 aliphatic heterocycles. The maximum atomic E-state index is 14.0. The first kappa shape index (κ1) is 19.6. The molecule has 2 aliphatic carbocycles. The van der Waals surface area contributed by atoms with Gasteiger partial charge in [0, 0.05) is 11.5 Å². The van der Waals surface area contributed by atoms with Gasteiger partial charge in [-0.25, -0.2) is 0 Å². The third-order valence-corrected chi connectivity index (χ3v) is 6.85. The van der Waals surface area contributed by atoms with Crippen LogP contribution in [0.5, 0.6) is 0 Å². The highest BCUT2D eigenvalue weighted by atomic mass is 16.1. The molecule has 33 heavy (non-hydrogen) atoms. The number of benzene rings is 4. The van der Waals surface area contributed by atoms with Gasteiger partial charge in [0.25, 0.3) is 0 Å². The molecule has 6 rings (SSSR count). The number of carbonyl (C=O) groups is 2. The Labute approximate surface area is 191 Å². The largest absolute Gasteiger partial charge is 0.298 e. The molecule has 2 atom stereocenters. The Kier molecular flexibility index (Phi) is 4.66. The van der Waals surface area contributed by atoms with E-state index in [-0.39, 0.29) is 23.4 Å². The van der Waals surface area contributed by atoms with Crippen LogP contribution in [0.2, 0.25) is 0 Å². The van der Waals surface area contributed by atoms with Crippen molar-refractivity contribution in [1.82, 2.24) is 0 Å². The van der Waals surface area contributed by atoms with Crippen LogP contribution < -0.4 is 10.4 Å². The predicted octanol–water partition coefficient (Wildman–Crippen LogP) is 4.42. The average molecular weight is 427 g/mol. The van der Waals surface area contributed by atoms with Crippen molar-refractivity contribution in [3.05, 3.63) is 140 Å². The summed E-state index contributed by atoms with van der Waals surface area (Å²) in [5.74, 6) is -0.564. The summed E-state index contributed by atoms with van der Waals surface area (Å²) in [6.07, 6.45) is 4.34. The van der Waals surface area contributed by atoms with E-state index in [1.165, 1.54) is 0 Å². The molecule has 0 N–H and O–H groups in total. The molecule has 4 aromatic rings. The highest BCUT2D eigenvalue weighted by Gasteiger charge is 2.35. The Morgan fingerprint density at radius 1 is 0.636 bits per heavy atom. The Hall–Kier alpha value is -4.04. The number of hydrogen-bond acceptors (Lipinski definition) is 2. The first-order chi connectivity index (χ1) is 16.2. The number of carbonyl (C=O) groups excluding carboxylic acids is 2. The normalized spacial score (nSPS) is 18.4. The average Bonchev–Trinajstić information content (AvgIpc) is 2.86. The van der Waals surface area contributed by atoms with Gasteiger partial charge in [-0.3, -0.25) is 9.59 Å². The van der Waals surface area contributed by atoms with Crippen LogP contribution in [0.25, 0.3) is 12.2 Å². The van der Waals surface area contributed by atoms with Crippen LogP contribution in [-0.2, 0) is 11.2 Å². The molecule has 0 fully saturated rings.